The molecule has 0 aliphatic rings. The van der Waals surface area contributed by atoms with Crippen LogP contribution in [0.15, 0.2) is 36.9 Å². The van der Waals surface area contributed by atoms with Crippen molar-refractivity contribution in [2.24, 2.45) is 0 Å². The second-order valence-electron chi connectivity index (χ2n) is 3.62. The van der Waals surface area contributed by atoms with Crippen molar-refractivity contribution < 1.29 is 0 Å². The van der Waals surface area contributed by atoms with Crippen molar-refractivity contribution in [3.05, 3.63) is 48.0 Å². The Morgan fingerprint density at radius 3 is 2.86 bits per heavy atom. The SMILES string of the molecule is C=CCCC(NC)c1cccc(C)c1. The Bertz CT molecular complexity index is 291. The molecule has 0 fully saturated rings. The third kappa shape index (κ3) is 3.00. The highest BCUT2D eigenvalue weighted by atomic mass is 14.9. The average Bonchev–Trinajstić information content (AvgIpc) is 2.19. The Labute approximate surface area is 86.8 Å². The van der Waals surface area contributed by atoms with Crippen LogP contribution in [0.1, 0.15) is 30.0 Å². The zero-order valence-corrected chi connectivity index (χ0v) is 9.09. The van der Waals surface area contributed by atoms with E-state index in [9.17, 15) is 0 Å². The van der Waals surface area contributed by atoms with Gasteiger partial charge in [0.1, 0.15) is 0 Å². The highest BCUT2D eigenvalue weighted by Crippen LogP contribution is 2.18. The van der Waals surface area contributed by atoms with E-state index in [1.165, 1.54) is 11.1 Å². The lowest BCUT2D eigenvalue weighted by molar-refractivity contribution is 0.554. The smallest absolute Gasteiger partial charge is 0.0320 e. The summed E-state index contributed by atoms with van der Waals surface area (Å²) in [7, 11) is 2.01. The molecule has 0 radical (unpaired) electrons. The predicted molar refractivity (Wildman–Crippen MR) is 62.4 cm³/mol. The first-order chi connectivity index (χ1) is 6.77. The minimum atomic E-state index is 0.452. The minimum absolute atomic E-state index is 0.452. The number of nitrogens with one attached hydrogen (secondary N) is 1. The largest absolute Gasteiger partial charge is 0.313 e. The van der Waals surface area contributed by atoms with Gasteiger partial charge >= 0.3 is 0 Å². The van der Waals surface area contributed by atoms with Gasteiger partial charge in [0, 0.05) is 6.04 Å². The zero-order valence-electron chi connectivity index (χ0n) is 9.09. The van der Waals surface area contributed by atoms with Gasteiger partial charge in [-0.3, -0.25) is 0 Å². The Morgan fingerprint density at radius 2 is 2.29 bits per heavy atom. The molecule has 0 aromatic heterocycles. The number of hydrogen-bond acceptors (Lipinski definition) is 1. The van der Waals surface area contributed by atoms with Gasteiger partial charge in [-0.1, -0.05) is 35.9 Å². The van der Waals surface area contributed by atoms with E-state index in [2.05, 4.69) is 43.1 Å². The van der Waals surface area contributed by atoms with Crippen LogP contribution >= 0.6 is 0 Å². The molecule has 0 bridgehead atoms. The highest BCUT2D eigenvalue weighted by molar-refractivity contribution is 5.25. The molecule has 1 aromatic rings. The van der Waals surface area contributed by atoms with Crippen LogP contribution < -0.4 is 5.32 Å². The summed E-state index contributed by atoms with van der Waals surface area (Å²) in [4.78, 5) is 0. The van der Waals surface area contributed by atoms with Crippen LogP contribution in [0.4, 0.5) is 0 Å². The third-order valence-corrected chi connectivity index (χ3v) is 2.45. The van der Waals surface area contributed by atoms with E-state index in [4.69, 9.17) is 0 Å². The summed E-state index contributed by atoms with van der Waals surface area (Å²) in [6.07, 6.45) is 4.14. The van der Waals surface area contributed by atoms with Crippen molar-refractivity contribution in [2.45, 2.75) is 25.8 Å². The van der Waals surface area contributed by atoms with E-state index in [1.54, 1.807) is 0 Å². The molecule has 1 heteroatoms. The van der Waals surface area contributed by atoms with Crippen molar-refractivity contribution in [1.82, 2.24) is 5.32 Å². The van der Waals surface area contributed by atoms with E-state index < -0.39 is 0 Å². The minimum Gasteiger partial charge on any atom is -0.313 e. The fraction of sp³-hybridized carbons (Fsp3) is 0.385. The molecule has 1 unspecified atom stereocenters. The molecule has 0 spiro atoms. The van der Waals surface area contributed by atoms with Gasteiger partial charge in [-0.05, 0) is 32.4 Å². The first kappa shape index (κ1) is 11.0. The topological polar surface area (TPSA) is 12.0 Å². The standard InChI is InChI=1S/C13H19N/c1-4-5-9-13(14-3)12-8-6-7-11(2)10-12/h4,6-8,10,13-14H,1,5,9H2,2-3H3. The fourth-order valence-corrected chi connectivity index (χ4v) is 1.65. The summed E-state index contributed by atoms with van der Waals surface area (Å²) in [5.74, 6) is 0. The molecule has 14 heavy (non-hydrogen) atoms. The fourth-order valence-electron chi connectivity index (χ4n) is 1.65. The maximum atomic E-state index is 3.75. The van der Waals surface area contributed by atoms with Crippen LogP contribution in [-0.4, -0.2) is 7.05 Å². The molecule has 1 rings (SSSR count). The van der Waals surface area contributed by atoms with Crippen molar-refractivity contribution in [2.75, 3.05) is 7.05 Å². The van der Waals surface area contributed by atoms with E-state index in [0.29, 0.717) is 6.04 Å². The Hall–Kier alpha value is -1.08. The Balaban J connectivity index is 2.72. The van der Waals surface area contributed by atoms with Crippen LogP contribution in [0.2, 0.25) is 0 Å². The lowest BCUT2D eigenvalue weighted by Gasteiger charge is -2.16. The zero-order chi connectivity index (χ0) is 10.4. The van der Waals surface area contributed by atoms with Gasteiger partial charge in [0.25, 0.3) is 0 Å². The summed E-state index contributed by atoms with van der Waals surface area (Å²) in [5.41, 5.74) is 2.69. The molecule has 0 aliphatic heterocycles. The molecule has 0 aliphatic carbocycles. The van der Waals surface area contributed by atoms with Gasteiger partial charge in [-0.2, -0.15) is 0 Å². The van der Waals surface area contributed by atoms with Gasteiger partial charge in [-0.15, -0.1) is 6.58 Å². The van der Waals surface area contributed by atoms with Gasteiger partial charge in [0.05, 0.1) is 0 Å². The van der Waals surface area contributed by atoms with E-state index >= 15 is 0 Å². The summed E-state index contributed by atoms with van der Waals surface area (Å²) in [5, 5.41) is 3.33. The summed E-state index contributed by atoms with van der Waals surface area (Å²) >= 11 is 0. The second kappa shape index (κ2) is 5.61. The van der Waals surface area contributed by atoms with Crippen LogP contribution in [0, 0.1) is 6.92 Å². The second-order valence-corrected chi connectivity index (χ2v) is 3.62. The van der Waals surface area contributed by atoms with Crippen LogP contribution in [0.3, 0.4) is 0 Å². The maximum Gasteiger partial charge on any atom is 0.0320 e. The van der Waals surface area contributed by atoms with Gasteiger partial charge in [0.15, 0.2) is 0 Å². The quantitative estimate of drug-likeness (QED) is 0.701. The number of aryl methyl sites for hydroxylation is 1. The van der Waals surface area contributed by atoms with Crippen molar-refractivity contribution >= 4 is 0 Å². The summed E-state index contributed by atoms with van der Waals surface area (Å²) in [6, 6.07) is 9.11. The molecule has 1 atom stereocenters. The molecule has 0 amide bonds. The number of allylic oxidation sites excluding steroid dienone is 1. The van der Waals surface area contributed by atoms with E-state index in [-0.39, 0.29) is 0 Å². The van der Waals surface area contributed by atoms with Gasteiger partial charge in [-0.25, -0.2) is 0 Å². The van der Waals surface area contributed by atoms with Crippen molar-refractivity contribution in [3.63, 3.8) is 0 Å². The Kier molecular flexibility index (Phi) is 4.41. The van der Waals surface area contributed by atoms with Gasteiger partial charge in [0.2, 0.25) is 0 Å². The van der Waals surface area contributed by atoms with Crippen molar-refractivity contribution in [1.29, 1.82) is 0 Å². The molecule has 1 nitrogen and oxygen atoms in total. The number of rotatable bonds is 5. The lowest BCUT2D eigenvalue weighted by Crippen LogP contribution is -2.16. The van der Waals surface area contributed by atoms with Gasteiger partial charge < -0.3 is 5.32 Å². The molecule has 1 N–H and O–H groups in total. The van der Waals surface area contributed by atoms with Crippen molar-refractivity contribution in [3.8, 4) is 0 Å². The Morgan fingerprint density at radius 1 is 1.50 bits per heavy atom. The molecular weight excluding hydrogens is 170 g/mol. The molecule has 0 heterocycles. The summed E-state index contributed by atoms with van der Waals surface area (Å²) < 4.78 is 0. The first-order valence-corrected chi connectivity index (χ1v) is 5.12. The molecule has 76 valence electrons. The predicted octanol–water partition coefficient (Wildman–Crippen LogP) is 3.22. The summed E-state index contributed by atoms with van der Waals surface area (Å²) in [6.45, 7) is 5.88. The molecule has 0 saturated heterocycles. The van der Waals surface area contributed by atoms with E-state index in [0.717, 1.165) is 12.8 Å². The number of hydrogen-bond donors (Lipinski definition) is 1. The molecule has 1 aromatic carbocycles. The van der Waals surface area contributed by atoms with Crippen LogP contribution in [-0.2, 0) is 0 Å². The normalized spacial score (nSPS) is 12.4. The first-order valence-electron chi connectivity index (χ1n) is 5.12. The molecule has 0 saturated carbocycles. The van der Waals surface area contributed by atoms with Crippen LogP contribution in [0.25, 0.3) is 0 Å². The number of benzene rings is 1. The van der Waals surface area contributed by atoms with E-state index in [1.807, 2.05) is 13.1 Å². The maximum absolute atomic E-state index is 3.75. The molecular formula is C13H19N. The monoisotopic (exact) mass is 189 g/mol. The third-order valence-electron chi connectivity index (χ3n) is 2.45. The highest BCUT2D eigenvalue weighted by Gasteiger charge is 2.07. The lowest BCUT2D eigenvalue weighted by atomic mass is 10.0. The average molecular weight is 189 g/mol. The van der Waals surface area contributed by atoms with Crippen LogP contribution in [0.5, 0.6) is 0 Å².